The third-order valence-corrected chi connectivity index (χ3v) is 5.80. The van der Waals surface area contributed by atoms with Crippen LogP contribution in [0.5, 0.6) is 0 Å². The molecule has 4 aromatic rings. The molecule has 32 heavy (non-hydrogen) atoms. The lowest BCUT2D eigenvalue weighted by Gasteiger charge is -2.07. The molecule has 1 unspecified atom stereocenters. The van der Waals surface area contributed by atoms with Crippen LogP contribution in [-0.4, -0.2) is 31.0 Å². The van der Waals surface area contributed by atoms with Gasteiger partial charge in [-0.3, -0.25) is 25.0 Å². The molecule has 2 aromatic carbocycles. The molecular formula is C23H18N4O5. The molecule has 0 saturated heterocycles. The summed E-state index contributed by atoms with van der Waals surface area (Å²) in [6.45, 7) is 1.61. The van der Waals surface area contributed by atoms with Crippen LogP contribution in [0.15, 0.2) is 54.9 Å². The monoisotopic (exact) mass is 430 g/mol. The van der Waals surface area contributed by atoms with Crippen LogP contribution in [-0.2, 0) is 16.6 Å². The zero-order valence-electron chi connectivity index (χ0n) is 17.2. The van der Waals surface area contributed by atoms with Crippen molar-refractivity contribution in [2.24, 2.45) is 7.05 Å². The number of hydrogen-bond donors (Lipinski definition) is 2. The van der Waals surface area contributed by atoms with Gasteiger partial charge in [0.15, 0.2) is 0 Å². The molecule has 9 nitrogen and oxygen atoms in total. The molecule has 1 atom stereocenters. The Kier molecular flexibility index (Phi) is 4.24. The maximum Gasteiger partial charge on any atom is 0.271 e. The lowest BCUT2D eigenvalue weighted by atomic mass is 9.95. The highest BCUT2D eigenvalue weighted by molar-refractivity contribution is 6.50. The fourth-order valence-electron chi connectivity index (χ4n) is 4.37. The summed E-state index contributed by atoms with van der Waals surface area (Å²) in [5.74, 6) is -1.07. The minimum Gasteiger partial charge on any atom is -0.374 e. The van der Waals surface area contributed by atoms with Crippen LogP contribution in [0.4, 0.5) is 5.69 Å². The Bertz CT molecular complexity index is 1510. The third kappa shape index (κ3) is 2.75. The number of nitrogens with zero attached hydrogens (tertiary/aromatic N) is 3. The van der Waals surface area contributed by atoms with E-state index in [4.69, 9.17) is 0 Å². The molecule has 1 aliphatic rings. The van der Waals surface area contributed by atoms with E-state index >= 15 is 0 Å². The van der Waals surface area contributed by atoms with Crippen LogP contribution in [0.1, 0.15) is 24.3 Å². The van der Waals surface area contributed by atoms with Crippen LogP contribution < -0.4 is 5.32 Å². The highest BCUT2D eigenvalue weighted by atomic mass is 16.6. The summed E-state index contributed by atoms with van der Waals surface area (Å²) in [5, 5.41) is 25.1. The van der Waals surface area contributed by atoms with Crippen molar-refractivity contribution < 1.29 is 19.6 Å². The standard InChI is InChI=1S/C23H18N4O5/c1-12(28)26-11-17(14-5-3-4-6-18(14)26)21-20(22(29)24-23(21)30)16-10-25(2)19-9-13(27(31)32)7-8-15(16)19/h3-12,28H,1-2H3,(H,24,29,30). The molecule has 2 aromatic heterocycles. The Labute approximate surface area is 181 Å². The van der Waals surface area contributed by atoms with Gasteiger partial charge in [0.2, 0.25) is 0 Å². The summed E-state index contributed by atoms with van der Waals surface area (Å²) in [5.41, 5.74) is 2.67. The van der Waals surface area contributed by atoms with Gasteiger partial charge < -0.3 is 14.2 Å². The van der Waals surface area contributed by atoms with Crippen molar-refractivity contribution in [1.29, 1.82) is 0 Å². The maximum absolute atomic E-state index is 12.9. The van der Waals surface area contributed by atoms with E-state index in [2.05, 4.69) is 5.32 Å². The number of aliphatic hydroxyl groups excluding tert-OH is 1. The number of aromatic nitrogens is 2. The zero-order valence-corrected chi connectivity index (χ0v) is 17.2. The lowest BCUT2D eigenvalue weighted by molar-refractivity contribution is -0.384. The highest BCUT2D eigenvalue weighted by Gasteiger charge is 2.35. The largest absolute Gasteiger partial charge is 0.374 e. The zero-order chi connectivity index (χ0) is 22.7. The van der Waals surface area contributed by atoms with Gasteiger partial charge in [0.1, 0.15) is 6.23 Å². The number of carbonyl (C=O) groups is 2. The maximum atomic E-state index is 12.9. The van der Waals surface area contributed by atoms with Crippen LogP contribution in [0, 0.1) is 10.1 Å². The summed E-state index contributed by atoms with van der Waals surface area (Å²) < 4.78 is 3.33. The average molecular weight is 430 g/mol. The van der Waals surface area contributed by atoms with E-state index in [0.717, 1.165) is 10.9 Å². The van der Waals surface area contributed by atoms with Crippen molar-refractivity contribution in [1.82, 2.24) is 14.5 Å². The number of aryl methyl sites for hydroxylation is 1. The smallest absolute Gasteiger partial charge is 0.271 e. The topological polar surface area (TPSA) is 119 Å². The molecule has 0 radical (unpaired) electrons. The van der Waals surface area contributed by atoms with Gasteiger partial charge in [0.05, 0.1) is 27.1 Å². The molecule has 3 heterocycles. The Morgan fingerprint density at radius 1 is 0.969 bits per heavy atom. The van der Waals surface area contributed by atoms with E-state index in [1.54, 1.807) is 41.6 Å². The lowest BCUT2D eigenvalue weighted by Crippen LogP contribution is -2.22. The summed E-state index contributed by atoms with van der Waals surface area (Å²) in [6, 6.07) is 11.7. The van der Waals surface area contributed by atoms with Gasteiger partial charge in [-0.25, -0.2) is 0 Å². The first-order valence-corrected chi connectivity index (χ1v) is 9.89. The molecule has 2 amide bonds. The number of non-ortho nitro benzene ring substituents is 1. The summed E-state index contributed by atoms with van der Waals surface area (Å²) in [6.07, 6.45) is 2.52. The van der Waals surface area contributed by atoms with E-state index < -0.39 is 23.0 Å². The molecule has 9 heteroatoms. The van der Waals surface area contributed by atoms with E-state index in [1.807, 2.05) is 24.3 Å². The SMILES string of the molecule is CC(O)n1cc(C2=C(c3cn(C)c4cc([N+](=O)[O-])ccc34)C(=O)NC2=O)c2ccccc21. The average Bonchev–Trinajstić information content (AvgIpc) is 3.38. The number of nitrogens with one attached hydrogen (secondary N) is 1. The first kappa shape index (κ1) is 19.7. The number of rotatable bonds is 4. The second kappa shape index (κ2) is 6.89. The summed E-state index contributed by atoms with van der Waals surface area (Å²) in [7, 11) is 1.73. The van der Waals surface area contributed by atoms with Gasteiger partial charge in [0.25, 0.3) is 17.5 Å². The predicted octanol–water partition coefficient (Wildman–Crippen LogP) is 3.12. The molecular weight excluding hydrogens is 412 g/mol. The van der Waals surface area contributed by atoms with Gasteiger partial charge in [0, 0.05) is 53.5 Å². The van der Waals surface area contributed by atoms with Crippen molar-refractivity contribution in [3.63, 3.8) is 0 Å². The van der Waals surface area contributed by atoms with Crippen molar-refractivity contribution in [2.75, 3.05) is 0 Å². The minimum atomic E-state index is -0.837. The van der Waals surface area contributed by atoms with Crippen molar-refractivity contribution >= 4 is 50.5 Å². The Morgan fingerprint density at radius 3 is 2.25 bits per heavy atom. The van der Waals surface area contributed by atoms with E-state index in [0.29, 0.717) is 22.0 Å². The second-order valence-corrected chi connectivity index (χ2v) is 7.74. The molecule has 0 spiro atoms. The number of nitro benzene ring substituents is 1. The summed E-state index contributed by atoms with van der Waals surface area (Å²) in [4.78, 5) is 36.5. The first-order chi connectivity index (χ1) is 15.3. The van der Waals surface area contributed by atoms with Crippen LogP contribution in [0.25, 0.3) is 33.0 Å². The number of benzene rings is 2. The number of fused-ring (bicyclic) bond motifs is 2. The molecule has 0 fully saturated rings. The normalized spacial score (nSPS) is 15.1. The van der Waals surface area contributed by atoms with E-state index in [1.165, 1.54) is 12.1 Å². The molecule has 2 N–H and O–H groups in total. The Morgan fingerprint density at radius 2 is 1.59 bits per heavy atom. The Hall–Kier alpha value is -4.24. The van der Waals surface area contributed by atoms with Gasteiger partial charge >= 0.3 is 0 Å². The number of aliphatic hydroxyl groups is 1. The van der Waals surface area contributed by atoms with Crippen LogP contribution in [0.2, 0.25) is 0 Å². The fourth-order valence-corrected chi connectivity index (χ4v) is 4.37. The minimum absolute atomic E-state index is 0.0635. The summed E-state index contributed by atoms with van der Waals surface area (Å²) >= 11 is 0. The van der Waals surface area contributed by atoms with Crippen molar-refractivity contribution in [2.45, 2.75) is 13.2 Å². The first-order valence-electron chi connectivity index (χ1n) is 9.89. The number of nitro groups is 1. The second-order valence-electron chi connectivity index (χ2n) is 7.74. The molecule has 1 aliphatic heterocycles. The van der Waals surface area contributed by atoms with Crippen LogP contribution >= 0.6 is 0 Å². The van der Waals surface area contributed by atoms with Gasteiger partial charge in [-0.1, -0.05) is 18.2 Å². The third-order valence-electron chi connectivity index (χ3n) is 5.80. The van der Waals surface area contributed by atoms with Crippen LogP contribution in [0.3, 0.4) is 0 Å². The fraction of sp³-hybridized carbons (Fsp3) is 0.130. The van der Waals surface area contributed by atoms with E-state index in [9.17, 15) is 24.8 Å². The number of hydrogen-bond acceptors (Lipinski definition) is 5. The van der Waals surface area contributed by atoms with Gasteiger partial charge in [-0.15, -0.1) is 0 Å². The molecule has 0 bridgehead atoms. The molecule has 5 rings (SSSR count). The van der Waals surface area contributed by atoms with Crippen molar-refractivity contribution in [3.8, 4) is 0 Å². The van der Waals surface area contributed by atoms with E-state index in [-0.39, 0.29) is 16.8 Å². The number of amides is 2. The predicted molar refractivity (Wildman–Crippen MR) is 118 cm³/mol. The van der Waals surface area contributed by atoms with Gasteiger partial charge in [-0.2, -0.15) is 0 Å². The molecule has 160 valence electrons. The Balaban J connectivity index is 1.83. The highest BCUT2D eigenvalue weighted by Crippen LogP contribution is 2.39. The quantitative estimate of drug-likeness (QED) is 0.293. The number of imide groups is 1. The number of para-hydroxylation sites is 1. The molecule has 0 saturated carbocycles. The number of carbonyl (C=O) groups excluding carboxylic acids is 2. The van der Waals surface area contributed by atoms with Gasteiger partial charge in [-0.05, 0) is 19.1 Å². The molecule has 0 aliphatic carbocycles. The van der Waals surface area contributed by atoms with Crippen molar-refractivity contribution in [3.05, 3.63) is 76.1 Å².